The lowest BCUT2D eigenvalue weighted by Crippen LogP contribution is -2.31. The van der Waals surface area contributed by atoms with Gasteiger partial charge in [0.2, 0.25) is 0 Å². The van der Waals surface area contributed by atoms with Gasteiger partial charge in [-0.2, -0.15) is 0 Å². The van der Waals surface area contributed by atoms with Crippen LogP contribution in [0.3, 0.4) is 0 Å². The molecule has 0 spiro atoms. The van der Waals surface area contributed by atoms with Crippen LogP contribution in [-0.2, 0) is 0 Å². The zero-order valence-corrected chi connectivity index (χ0v) is 10.1. The maximum atomic E-state index is 3.54. The third kappa shape index (κ3) is 4.43. The molecule has 1 rings (SSSR count). The van der Waals surface area contributed by atoms with Crippen molar-refractivity contribution in [3.8, 4) is 0 Å². The van der Waals surface area contributed by atoms with E-state index in [2.05, 4.69) is 31.0 Å². The van der Waals surface area contributed by atoms with Gasteiger partial charge >= 0.3 is 0 Å². The van der Waals surface area contributed by atoms with Crippen LogP contribution in [0.5, 0.6) is 0 Å². The Kier molecular flexibility index (Phi) is 5.49. The lowest BCUT2D eigenvalue weighted by molar-refractivity contribution is 0.314. The van der Waals surface area contributed by atoms with Gasteiger partial charge in [-0.15, -0.1) is 0 Å². The van der Waals surface area contributed by atoms with Crippen molar-refractivity contribution in [2.24, 2.45) is 5.92 Å². The normalized spacial score (nSPS) is 23.6. The number of likely N-dealkylation sites (tertiary alicyclic amines) is 1. The van der Waals surface area contributed by atoms with Crippen LogP contribution < -0.4 is 5.32 Å². The molecule has 1 aliphatic heterocycles. The summed E-state index contributed by atoms with van der Waals surface area (Å²) in [7, 11) is 0. The molecule has 2 heteroatoms. The minimum Gasteiger partial charge on any atom is -0.314 e. The lowest BCUT2D eigenvalue weighted by atomic mass is 10.1. The molecule has 2 nitrogen and oxygen atoms in total. The molecule has 1 N–H and O–H groups in total. The molecule has 0 amide bonds. The highest BCUT2D eigenvalue weighted by atomic mass is 15.1. The van der Waals surface area contributed by atoms with Gasteiger partial charge in [0.1, 0.15) is 0 Å². The second-order valence-electron chi connectivity index (χ2n) is 4.87. The number of hydrogen-bond acceptors (Lipinski definition) is 2. The lowest BCUT2D eigenvalue weighted by Gasteiger charge is -2.16. The Labute approximate surface area is 89.1 Å². The van der Waals surface area contributed by atoms with Gasteiger partial charge in [0.05, 0.1) is 0 Å². The van der Waals surface area contributed by atoms with Gasteiger partial charge in [-0.25, -0.2) is 0 Å². The second-order valence-corrected chi connectivity index (χ2v) is 4.87. The molecule has 1 heterocycles. The monoisotopic (exact) mass is 198 g/mol. The summed E-state index contributed by atoms with van der Waals surface area (Å²) in [6.07, 6.45) is 4.08. The predicted octanol–water partition coefficient (Wildman–Crippen LogP) is 2.11. The molecule has 1 unspecified atom stereocenters. The van der Waals surface area contributed by atoms with Crippen molar-refractivity contribution in [2.75, 3.05) is 26.2 Å². The Morgan fingerprint density at radius 3 is 2.86 bits per heavy atom. The van der Waals surface area contributed by atoms with Crippen LogP contribution in [0.1, 0.15) is 40.0 Å². The maximum absolute atomic E-state index is 3.54. The third-order valence-corrected chi connectivity index (χ3v) is 3.01. The average Bonchev–Trinajstić information content (AvgIpc) is 2.59. The van der Waals surface area contributed by atoms with E-state index >= 15 is 0 Å². The first kappa shape index (κ1) is 12.0. The van der Waals surface area contributed by atoms with Crippen molar-refractivity contribution in [1.29, 1.82) is 0 Å². The Morgan fingerprint density at radius 1 is 1.43 bits per heavy atom. The van der Waals surface area contributed by atoms with Crippen molar-refractivity contribution >= 4 is 0 Å². The van der Waals surface area contributed by atoms with E-state index in [1.807, 2.05) is 0 Å². The topological polar surface area (TPSA) is 15.3 Å². The van der Waals surface area contributed by atoms with Crippen LogP contribution in [0.25, 0.3) is 0 Å². The van der Waals surface area contributed by atoms with Crippen molar-refractivity contribution in [2.45, 2.75) is 46.1 Å². The minimum atomic E-state index is 0.639. The Morgan fingerprint density at radius 2 is 2.21 bits per heavy atom. The fourth-order valence-electron chi connectivity index (χ4n) is 2.07. The van der Waals surface area contributed by atoms with Crippen molar-refractivity contribution in [3.05, 3.63) is 0 Å². The number of nitrogens with one attached hydrogen (secondary N) is 1. The van der Waals surface area contributed by atoms with Crippen molar-refractivity contribution < 1.29 is 0 Å². The van der Waals surface area contributed by atoms with Gasteiger partial charge in [-0.1, -0.05) is 27.2 Å². The molecular formula is C12H26N2. The highest BCUT2D eigenvalue weighted by Crippen LogP contribution is 2.15. The fourth-order valence-corrected chi connectivity index (χ4v) is 2.07. The Hall–Kier alpha value is -0.0800. The Balaban J connectivity index is 2.08. The molecule has 0 radical (unpaired) electrons. The van der Waals surface area contributed by atoms with E-state index in [4.69, 9.17) is 0 Å². The Bertz CT molecular complexity index is 145. The van der Waals surface area contributed by atoms with E-state index in [0.717, 1.165) is 5.92 Å². The quantitative estimate of drug-likeness (QED) is 0.703. The summed E-state index contributed by atoms with van der Waals surface area (Å²) in [4.78, 5) is 2.62. The van der Waals surface area contributed by atoms with Gasteiger partial charge < -0.3 is 10.2 Å². The molecular weight excluding hydrogens is 172 g/mol. The van der Waals surface area contributed by atoms with E-state index in [1.54, 1.807) is 0 Å². The first-order chi connectivity index (χ1) is 6.72. The standard InChI is InChI=1S/C12H26N2/c1-4-5-7-14-8-6-12(10-14)9-13-11(2)3/h11-13H,4-10H2,1-3H3. The van der Waals surface area contributed by atoms with E-state index in [0.29, 0.717) is 6.04 Å². The zero-order valence-electron chi connectivity index (χ0n) is 10.1. The molecule has 1 atom stereocenters. The SMILES string of the molecule is CCCCN1CCC(CNC(C)C)C1. The zero-order chi connectivity index (χ0) is 10.4. The maximum Gasteiger partial charge on any atom is 0.00223 e. The summed E-state index contributed by atoms with van der Waals surface area (Å²) in [6.45, 7) is 11.9. The average molecular weight is 198 g/mol. The van der Waals surface area contributed by atoms with Crippen LogP contribution in [0.15, 0.2) is 0 Å². The van der Waals surface area contributed by atoms with E-state index in [9.17, 15) is 0 Å². The number of rotatable bonds is 6. The summed E-state index contributed by atoms with van der Waals surface area (Å²) in [6, 6.07) is 0.639. The van der Waals surface area contributed by atoms with Gasteiger partial charge in [0.25, 0.3) is 0 Å². The van der Waals surface area contributed by atoms with Crippen LogP contribution in [0.4, 0.5) is 0 Å². The van der Waals surface area contributed by atoms with Crippen LogP contribution >= 0.6 is 0 Å². The van der Waals surface area contributed by atoms with Gasteiger partial charge in [-0.05, 0) is 38.4 Å². The molecule has 0 bridgehead atoms. The van der Waals surface area contributed by atoms with Crippen molar-refractivity contribution in [1.82, 2.24) is 10.2 Å². The van der Waals surface area contributed by atoms with Crippen molar-refractivity contribution in [3.63, 3.8) is 0 Å². The molecule has 84 valence electrons. The van der Waals surface area contributed by atoms with Crippen LogP contribution in [-0.4, -0.2) is 37.1 Å². The smallest absolute Gasteiger partial charge is 0.00223 e. The minimum absolute atomic E-state index is 0.639. The molecule has 0 aromatic heterocycles. The third-order valence-electron chi connectivity index (χ3n) is 3.01. The van der Waals surface area contributed by atoms with Crippen LogP contribution in [0.2, 0.25) is 0 Å². The predicted molar refractivity (Wildman–Crippen MR) is 62.6 cm³/mol. The molecule has 0 saturated carbocycles. The molecule has 1 fully saturated rings. The molecule has 0 aromatic carbocycles. The fraction of sp³-hybridized carbons (Fsp3) is 1.00. The highest BCUT2D eigenvalue weighted by Gasteiger charge is 2.21. The summed E-state index contributed by atoms with van der Waals surface area (Å²) in [5.41, 5.74) is 0. The van der Waals surface area contributed by atoms with E-state index in [1.165, 1.54) is 45.4 Å². The van der Waals surface area contributed by atoms with E-state index in [-0.39, 0.29) is 0 Å². The highest BCUT2D eigenvalue weighted by molar-refractivity contribution is 4.77. The molecule has 1 saturated heterocycles. The first-order valence-corrected chi connectivity index (χ1v) is 6.18. The molecule has 0 aromatic rings. The van der Waals surface area contributed by atoms with E-state index < -0.39 is 0 Å². The molecule has 14 heavy (non-hydrogen) atoms. The number of unbranched alkanes of at least 4 members (excludes halogenated alkanes) is 1. The van der Waals surface area contributed by atoms with Gasteiger partial charge in [-0.3, -0.25) is 0 Å². The molecule has 0 aliphatic carbocycles. The summed E-state index contributed by atoms with van der Waals surface area (Å²) >= 11 is 0. The van der Waals surface area contributed by atoms with Gasteiger partial charge in [0, 0.05) is 12.6 Å². The first-order valence-electron chi connectivity index (χ1n) is 6.18. The summed E-state index contributed by atoms with van der Waals surface area (Å²) < 4.78 is 0. The summed E-state index contributed by atoms with van der Waals surface area (Å²) in [5, 5.41) is 3.54. The van der Waals surface area contributed by atoms with Gasteiger partial charge in [0.15, 0.2) is 0 Å². The summed E-state index contributed by atoms with van der Waals surface area (Å²) in [5.74, 6) is 0.897. The van der Waals surface area contributed by atoms with Crippen LogP contribution in [0, 0.1) is 5.92 Å². The molecule has 1 aliphatic rings. The second kappa shape index (κ2) is 6.41. The largest absolute Gasteiger partial charge is 0.314 e. The number of nitrogens with zero attached hydrogens (tertiary/aromatic N) is 1. The number of hydrogen-bond donors (Lipinski definition) is 1.